The van der Waals surface area contributed by atoms with Crippen LogP contribution in [0.5, 0.6) is 11.5 Å². The minimum atomic E-state index is -0.986. The molecular weight excluding hydrogens is 274 g/mol. The summed E-state index contributed by atoms with van der Waals surface area (Å²) in [4.78, 5) is 22.8. The number of carbonyl (C=O) groups excluding carboxylic acids is 2. The van der Waals surface area contributed by atoms with Crippen LogP contribution in [0.1, 0.15) is 31.1 Å². The maximum absolute atomic E-state index is 11.9. The number of hydrogen-bond acceptors (Lipinski definition) is 5. The Morgan fingerprint density at radius 1 is 1.19 bits per heavy atom. The van der Waals surface area contributed by atoms with Gasteiger partial charge in [0.15, 0.2) is 17.6 Å². The Labute approximate surface area is 124 Å². The summed E-state index contributed by atoms with van der Waals surface area (Å²) in [5.74, 6) is 0.000466. The van der Waals surface area contributed by atoms with E-state index in [1.165, 1.54) is 20.1 Å². The average Bonchev–Trinajstić information content (AvgIpc) is 2.44. The van der Waals surface area contributed by atoms with E-state index in [2.05, 4.69) is 0 Å². The first-order valence-corrected chi connectivity index (χ1v) is 6.66. The second-order valence-electron chi connectivity index (χ2n) is 5.02. The Morgan fingerprint density at radius 3 is 2.38 bits per heavy atom. The number of ether oxygens (including phenoxy) is 3. The topological polar surface area (TPSA) is 87.9 Å². The van der Waals surface area contributed by atoms with Crippen molar-refractivity contribution in [2.75, 3.05) is 13.7 Å². The Hall–Kier alpha value is -2.24. The van der Waals surface area contributed by atoms with Crippen LogP contribution >= 0.6 is 0 Å². The molecule has 0 fully saturated rings. The third-order valence-corrected chi connectivity index (χ3v) is 2.66. The van der Waals surface area contributed by atoms with Gasteiger partial charge in [-0.3, -0.25) is 4.79 Å². The molecular formula is C15H21NO5. The van der Waals surface area contributed by atoms with Gasteiger partial charge in [0.2, 0.25) is 0 Å². The fourth-order valence-corrected chi connectivity index (χ4v) is 1.46. The zero-order chi connectivity index (χ0) is 16.0. The molecule has 0 aliphatic carbocycles. The van der Waals surface area contributed by atoms with Gasteiger partial charge in [0.1, 0.15) is 0 Å². The molecule has 0 saturated carbocycles. The highest BCUT2D eigenvalue weighted by Crippen LogP contribution is 2.28. The Morgan fingerprint density at radius 2 is 1.86 bits per heavy atom. The molecule has 0 aromatic heterocycles. The lowest BCUT2D eigenvalue weighted by Crippen LogP contribution is -2.30. The monoisotopic (exact) mass is 295 g/mol. The number of esters is 1. The number of nitrogens with two attached hydrogens (primary N) is 1. The number of methoxy groups -OCH3 is 1. The maximum Gasteiger partial charge on any atom is 0.339 e. The lowest BCUT2D eigenvalue weighted by Gasteiger charge is -2.14. The van der Waals surface area contributed by atoms with E-state index in [0.29, 0.717) is 24.0 Å². The van der Waals surface area contributed by atoms with E-state index in [4.69, 9.17) is 19.9 Å². The summed E-state index contributed by atoms with van der Waals surface area (Å²) >= 11 is 0. The van der Waals surface area contributed by atoms with Crippen LogP contribution in [-0.2, 0) is 9.53 Å². The van der Waals surface area contributed by atoms with Gasteiger partial charge in [-0.05, 0) is 31.0 Å². The number of hydrogen-bond donors (Lipinski definition) is 1. The van der Waals surface area contributed by atoms with E-state index in [-0.39, 0.29) is 5.56 Å². The lowest BCUT2D eigenvalue weighted by molar-refractivity contribution is -0.125. The first-order chi connectivity index (χ1) is 9.85. The molecule has 0 saturated heterocycles. The summed E-state index contributed by atoms with van der Waals surface area (Å²) in [6, 6.07) is 4.69. The van der Waals surface area contributed by atoms with Crippen LogP contribution < -0.4 is 15.2 Å². The second-order valence-corrected chi connectivity index (χ2v) is 5.02. The molecule has 6 heteroatoms. The molecule has 0 spiro atoms. The van der Waals surface area contributed by atoms with E-state index < -0.39 is 18.0 Å². The Balaban J connectivity index is 2.86. The third kappa shape index (κ3) is 4.98. The molecule has 0 aliphatic heterocycles. The fourth-order valence-electron chi connectivity index (χ4n) is 1.46. The molecule has 1 amide bonds. The van der Waals surface area contributed by atoms with E-state index in [9.17, 15) is 9.59 Å². The number of rotatable bonds is 7. The lowest BCUT2D eigenvalue weighted by atomic mass is 10.2. The van der Waals surface area contributed by atoms with Crippen molar-refractivity contribution in [1.82, 2.24) is 0 Å². The van der Waals surface area contributed by atoms with Crippen LogP contribution in [0.3, 0.4) is 0 Å². The van der Waals surface area contributed by atoms with Gasteiger partial charge in [0.05, 0.1) is 19.3 Å². The van der Waals surface area contributed by atoms with Crippen molar-refractivity contribution < 1.29 is 23.8 Å². The zero-order valence-electron chi connectivity index (χ0n) is 12.7. The first kappa shape index (κ1) is 16.8. The SMILES string of the molecule is COc1cc(C(=O)O[C@H](C)C(N)=O)ccc1OCC(C)C. The predicted molar refractivity (Wildman–Crippen MR) is 77.4 cm³/mol. The van der Waals surface area contributed by atoms with Gasteiger partial charge in [0, 0.05) is 0 Å². The summed E-state index contributed by atoms with van der Waals surface area (Å²) in [5.41, 5.74) is 5.31. The van der Waals surface area contributed by atoms with Crippen molar-refractivity contribution in [3.63, 3.8) is 0 Å². The maximum atomic E-state index is 11.9. The predicted octanol–water partition coefficient (Wildman–Crippen LogP) is 1.76. The highest BCUT2D eigenvalue weighted by Gasteiger charge is 2.18. The molecule has 0 heterocycles. The molecule has 0 bridgehead atoms. The van der Waals surface area contributed by atoms with Gasteiger partial charge in [-0.2, -0.15) is 0 Å². The molecule has 1 aromatic rings. The smallest absolute Gasteiger partial charge is 0.339 e. The van der Waals surface area contributed by atoms with Gasteiger partial charge >= 0.3 is 5.97 Å². The fraction of sp³-hybridized carbons (Fsp3) is 0.467. The molecule has 0 aliphatic rings. The zero-order valence-corrected chi connectivity index (χ0v) is 12.7. The largest absolute Gasteiger partial charge is 0.493 e. The van der Waals surface area contributed by atoms with Crippen LogP contribution in [0.25, 0.3) is 0 Å². The number of primary amides is 1. The van der Waals surface area contributed by atoms with Gasteiger partial charge < -0.3 is 19.9 Å². The van der Waals surface area contributed by atoms with Gasteiger partial charge in [-0.25, -0.2) is 4.79 Å². The van der Waals surface area contributed by atoms with Crippen molar-refractivity contribution >= 4 is 11.9 Å². The Kier molecular flexibility index (Phi) is 6.02. The van der Waals surface area contributed by atoms with Gasteiger partial charge in [0.25, 0.3) is 5.91 Å². The molecule has 0 unspecified atom stereocenters. The van der Waals surface area contributed by atoms with Crippen molar-refractivity contribution in [2.24, 2.45) is 11.7 Å². The number of carbonyl (C=O) groups is 2. The van der Waals surface area contributed by atoms with Gasteiger partial charge in [-0.1, -0.05) is 13.8 Å². The molecule has 0 radical (unpaired) electrons. The quantitative estimate of drug-likeness (QED) is 0.774. The Bertz CT molecular complexity index is 513. The molecule has 1 atom stereocenters. The minimum absolute atomic E-state index is 0.261. The second kappa shape index (κ2) is 7.52. The standard InChI is InChI=1S/C15H21NO5/c1-9(2)8-20-12-6-5-11(7-13(12)19-4)15(18)21-10(3)14(16)17/h5-7,9-10H,8H2,1-4H3,(H2,16,17)/t10-/m1/s1. The molecule has 2 N–H and O–H groups in total. The number of benzene rings is 1. The van der Waals surface area contributed by atoms with Crippen molar-refractivity contribution in [1.29, 1.82) is 0 Å². The van der Waals surface area contributed by atoms with Crippen LogP contribution in [-0.4, -0.2) is 31.7 Å². The van der Waals surface area contributed by atoms with Gasteiger partial charge in [-0.15, -0.1) is 0 Å². The van der Waals surface area contributed by atoms with E-state index >= 15 is 0 Å². The van der Waals surface area contributed by atoms with Crippen LogP contribution in [0, 0.1) is 5.92 Å². The van der Waals surface area contributed by atoms with Crippen molar-refractivity contribution in [3.8, 4) is 11.5 Å². The highest BCUT2D eigenvalue weighted by atomic mass is 16.5. The normalized spacial score (nSPS) is 11.9. The third-order valence-electron chi connectivity index (χ3n) is 2.66. The van der Waals surface area contributed by atoms with Crippen LogP contribution in [0.4, 0.5) is 0 Å². The van der Waals surface area contributed by atoms with E-state index in [1.807, 2.05) is 13.8 Å². The van der Waals surface area contributed by atoms with Crippen molar-refractivity contribution in [3.05, 3.63) is 23.8 Å². The molecule has 116 valence electrons. The molecule has 1 aromatic carbocycles. The number of amides is 1. The average molecular weight is 295 g/mol. The van der Waals surface area contributed by atoms with Crippen molar-refractivity contribution in [2.45, 2.75) is 26.9 Å². The molecule has 1 rings (SSSR count). The summed E-state index contributed by atoms with van der Waals surface area (Å²) in [7, 11) is 1.48. The summed E-state index contributed by atoms with van der Waals surface area (Å²) < 4.78 is 15.7. The molecule has 21 heavy (non-hydrogen) atoms. The van der Waals surface area contributed by atoms with E-state index in [0.717, 1.165) is 0 Å². The summed E-state index contributed by atoms with van der Waals surface area (Å²) in [6.45, 7) is 6.02. The van der Waals surface area contributed by atoms with Crippen LogP contribution in [0.2, 0.25) is 0 Å². The summed E-state index contributed by atoms with van der Waals surface area (Å²) in [6.07, 6.45) is -0.986. The first-order valence-electron chi connectivity index (χ1n) is 6.66. The molecule has 6 nitrogen and oxygen atoms in total. The van der Waals surface area contributed by atoms with E-state index in [1.54, 1.807) is 12.1 Å². The highest BCUT2D eigenvalue weighted by molar-refractivity contribution is 5.92. The van der Waals surface area contributed by atoms with Crippen LogP contribution in [0.15, 0.2) is 18.2 Å². The summed E-state index contributed by atoms with van der Waals surface area (Å²) in [5, 5.41) is 0. The minimum Gasteiger partial charge on any atom is -0.493 e.